The fourth-order valence-corrected chi connectivity index (χ4v) is 2.47. The molecule has 1 heterocycles. The Balaban J connectivity index is 2.10. The zero-order valence-electron chi connectivity index (χ0n) is 11.7. The largest absolute Gasteiger partial charge is 0.446 e. The van der Waals surface area contributed by atoms with Crippen molar-refractivity contribution >= 4 is 15.7 Å². The Kier molecular flexibility index (Phi) is 4.15. The van der Waals surface area contributed by atoms with Crippen molar-refractivity contribution < 1.29 is 12.8 Å². The molecule has 2 N–H and O–H groups in total. The topological polar surface area (TPSA) is 71.3 Å². The summed E-state index contributed by atoms with van der Waals surface area (Å²) in [4.78, 5) is 0. The highest BCUT2D eigenvalue weighted by Gasteiger charge is 2.16. The van der Waals surface area contributed by atoms with Gasteiger partial charge in [0.25, 0.3) is 10.0 Å². The van der Waals surface area contributed by atoms with Crippen molar-refractivity contribution in [2.45, 2.75) is 25.5 Å². The van der Waals surface area contributed by atoms with Gasteiger partial charge in [0.05, 0.1) is 6.54 Å². The molecule has 0 saturated heterocycles. The molecule has 0 aliphatic heterocycles. The van der Waals surface area contributed by atoms with E-state index in [-0.39, 0.29) is 5.09 Å². The molecule has 2 aromatic rings. The molecule has 20 heavy (non-hydrogen) atoms. The van der Waals surface area contributed by atoms with Crippen molar-refractivity contribution in [3.05, 3.63) is 47.2 Å². The van der Waals surface area contributed by atoms with E-state index in [1.165, 1.54) is 13.1 Å². The van der Waals surface area contributed by atoms with Crippen LogP contribution >= 0.6 is 0 Å². The lowest BCUT2D eigenvalue weighted by molar-refractivity contribution is 0.417. The van der Waals surface area contributed by atoms with Gasteiger partial charge in [-0.25, -0.2) is 13.1 Å². The molecule has 0 spiro atoms. The molecule has 108 valence electrons. The number of hydrogen-bond acceptors (Lipinski definition) is 4. The minimum absolute atomic E-state index is 0.0715. The van der Waals surface area contributed by atoms with E-state index < -0.39 is 10.0 Å². The number of rotatable bonds is 5. The number of nitrogens with one attached hydrogen (secondary N) is 2. The van der Waals surface area contributed by atoms with E-state index in [9.17, 15) is 8.42 Å². The van der Waals surface area contributed by atoms with Gasteiger partial charge in [0, 0.05) is 5.69 Å². The SMILES string of the molecule is CNS(=O)(=O)c1ccc(CNc2cc(C)ccc2C)o1. The van der Waals surface area contributed by atoms with E-state index in [4.69, 9.17) is 4.42 Å². The molecule has 0 radical (unpaired) electrons. The van der Waals surface area contributed by atoms with Crippen LogP contribution in [0.2, 0.25) is 0 Å². The Morgan fingerprint density at radius 3 is 2.60 bits per heavy atom. The lowest BCUT2D eigenvalue weighted by atomic mass is 10.1. The Bertz CT molecular complexity index is 705. The van der Waals surface area contributed by atoms with Crippen molar-refractivity contribution in [1.29, 1.82) is 0 Å². The highest BCUT2D eigenvalue weighted by Crippen LogP contribution is 2.19. The fraction of sp³-hybridized carbons (Fsp3) is 0.286. The summed E-state index contributed by atoms with van der Waals surface area (Å²) in [5, 5.41) is 3.17. The van der Waals surface area contributed by atoms with Gasteiger partial charge in [-0.2, -0.15) is 0 Å². The number of benzene rings is 1. The van der Waals surface area contributed by atoms with Crippen LogP contribution in [0.25, 0.3) is 0 Å². The lowest BCUT2D eigenvalue weighted by Gasteiger charge is -2.09. The van der Waals surface area contributed by atoms with Crippen LogP contribution in [-0.4, -0.2) is 15.5 Å². The second-order valence-electron chi connectivity index (χ2n) is 4.60. The monoisotopic (exact) mass is 294 g/mol. The van der Waals surface area contributed by atoms with Crippen molar-refractivity contribution in [1.82, 2.24) is 4.72 Å². The lowest BCUT2D eigenvalue weighted by Crippen LogP contribution is -2.17. The predicted octanol–water partition coefficient (Wildman–Crippen LogP) is 2.42. The molecule has 0 saturated carbocycles. The predicted molar refractivity (Wildman–Crippen MR) is 78.2 cm³/mol. The summed E-state index contributed by atoms with van der Waals surface area (Å²) in [5.74, 6) is 0.569. The summed E-state index contributed by atoms with van der Waals surface area (Å²) < 4.78 is 30.7. The first-order valence-corrected chi connectivity index (χ1v) is 7.74. The van der Waals surface area contributed by atoms with Crippen LogP contribution in [-0.2, 0) is 16.6 Å². The van der Waals surface area contributed by atoms with Gasteiger partial charge < -0.3 is 9.73 Å². The standard InChI is InChI=1S/C14H18N2O3S/c1-10-4-5-11(2)13(8-10)16-9-12-6-7-14(19-12)20(17,18)15-3/h4-8,15-16H,9H2,1-3H3. The van der Waals surface area contributed by atoms with Gasteiger partial charge in [-0.1, -0.05) is 12.1 Å². The van der Waals surface area contributed by atoms with Gasteiger partial charge in [-0.05, 0) is 50.2 Å². The third kappa shape index (κ3) is 3.20. The molecule has 1 aromatic heterocycles. The Morgan fingerprint density at radius 1 is 1.15 bits per heavy atom. The molecule has 2 rings (SSSR count). The number of sulfonamides is 1. The van der Waals surface area contributed by atoms with Crippen LogP contribution in [0.1, 0.15) is 16.9 Å². The summed E-state index contributed by atoms with van der Waals surface area (Å²) in [5.41, 5.74) is 3.31. The van der Waals surface area contributed by atoms with Gasteiger partial charge >= 0.3 is 0 Å². The van der Waals surface area contributed by atoms with Crippen molar-refractivity contribution in [3.8, 4) is 0 Å². The molecule has 0 fully saturated rings. The normalized spacial score (nSPS) is 11.6. The minimum atomic E-state index is -3.52. The molecule has 0 unspecified atom stereocenters. The summed E-state index contributed by atoms with van der Waals surface area (Å²) in [6.07, 6.45) is 0. The summed E-state index contributed by atoms with van der Waals surface area (Å²) in [6.45, 7) is 4.47. The van der Waals surface area contributed by atoms with E-state index in [0.29, 0.717) is 12.3 Å². The van der Waals surface area contributed by atoms with Gasteiger partial charge in [-0.3, -0.25) is 0 Å². The number of hydrogen-bond donors (Lipinski definition) is 2. The van der Waals surface area contributed by atoms with Gasteiger partial charge in [0.1, 0.15) is 5.76 Å². The highest BCUT2D eigenvalue weighted by atomic mass is 32.2. The Morgan fingerprint density at radius 2 is 1.90 bits per heavy atom. The maximum absolute atomic E-state index is 11.6. The van der Waals surface area contributed by atoms with Gasteiger partial charge in [0.2, 0.25) is 5.09 Å². The summed E-state index contributed by atoms with van der Waals surface area (Å²) in [6, 6.07) is 9.24. The molecule has 0 atom stereocenters. The zero-order chi connectivity index (χ0) is 14.8. The van der Waals surface area contributed by atoms with E-state index in [1.807, 2.05) is 32.0 Å². The average molecular weight is 294 g/mol. The highest BCUT2D eigenvalue weighted by molar-refractivity contribution is 7.89. The van der Waals surface area contributed by atoms with Gasteiger partial charge in [0.15, 0.2) is 0 Å². The smallest absolute Gasteiger partial charge is 0.273 e. The molecule has 0 aliphatic carbocycles. The van der Waals surface area contributed by atoms with Crippen molar-refractivity contribution in [2.24, 2.45) is 0 Å². The Hall–Kier alpha value is -1.79. The van der Waals surface area contributed by atoms with E-state index in [0.717, 1.165) is 16.8 Å². The summed E-state index contributed by atoms with van der Waals surface area (Å²) in [7, 11) is -2.17. The minimum Gasteiger partial charge on any atom is -0.446 e. The fourth-order valence-electron chi connectivity index (χ4n) is 1.81. The van der Waals surface area contributed by atoms with Crippen molar-refractivity contribution in [3.63, 3.8) is 0 Å². The second-order valence-corrected chi connectivity index (χ2v) is 6.42. The molecule has 5 nitrogen and oxygen atoms in total. The zero-order valence-corrected chi connectivity index (χ0v) is 12.5. The number of furan rings is 1. The van der Waals surface area contributed by atoms with Crippen LogP contribution < -0.4 is 10.0 Å². The molecule has 6 heteroatoms. The van der Waals surface area contributed by atoms with Crippen LogP contribution in [0.3, 0.4) is 0 Å². The first-order valence-electron chi connectivity index (χ1n) is 6.26. The van der Waals surface area contributed by atoms with E-state index in [1.54, 1.807) is 6.07 Å². The third-order valence-electron chi connectivity index (χ3n) is 3.02. The van der Waals surface area contributed by atoms with Crippen LogP contribution in [0, 0.1) is 13.8 Å². The average Bonchev–Trinajstić information content (AvgIpc) is 2.89. The molecular formula is C14H18N2O3S. The van der Waals surface area contributed by atoms with E-state index >= 15 is 0 Å². The third-order valence-corrected chi connectivity index (χ3v) is 4.30. The quantitative estimate of drug-likeness (QED) is 0.888. The maximum atomic E-state index is 11.6. The Labute approximate surface area is 119 Å². The van der Waals surface area contributed by atoms with Crippen molar-refractivity contribution in [2.75, 3.05) is 12.4 Å². The van der Waals surface area contributed by atoms with E-state index in [2.05, 4.69) is 10.0 Å². The van der Waals surface area contributed by atoms with Gasteiger partial charge in [-0.15, -0.1) is 0 Å². The first-order chi connectivity index (χ1) is 9.42. The maximum Gasteiger partial charge on any atom is 0.273 e. The number of anilines is 1. The summed E-state index contributed by atoms with van der Waals surface area (Å²) >= 11 is 0. The van der Waals surface area contributed by atoms with Crippen LogP contribution in [0.4, 0.5) is 5.69 Å². The number of aryl methyl sites for hydroxylation is 2. The molecule has 1 aromatic carbocycles. The molecule has 0 aliphatic rings. The first kappa shape index (κ1) is 14.6. The molecule has 0 bridgehead atoms. The van der Waals surface area contributed by atoms with Crippen LogP contribution in [0.5, 0.6) is 0 Å². The molecule has 0 amide bonds. The van der Waals surface area contributed by atoms with Crippen LogP contribution in [0.15, 0.2) is 39.8 Å². The molecular weight excluding hydrogens is 276 g/mol. The second kappa shape index (κ2) is 5.68.